The van der Waals surface area contributed by atoms with Gasteiger partial charge in [0.1, 0.15) is 28.6 Å². The minimum Gasteiger partial charge on any atom is -0.492 e. The second-order valence-corrected chi connectivity index (χ2v) is 12.9. The number of halogens is 1. The second-order valence-electron chi connectivity index (χ2n) is 11.9. The van der Waals surface area contributed by atoms with E-state index in [-0.39, 0.29) is 17.8 Å². The van der Waals surface area contributed by atoms with Gasteiger partial charge in [-0.05, 0) is 99.7 Å². The maximum absolute atomic E-state index is 14.4. The summed E-state index contributed by atoms with van der Waals surface area (Å²) in [6.07, 6.45) is 3.14. The Kier molecular flexibility index (Phi) is 7.66. The molecule has 1 fully saturated rings. The fourth-order valence-corrected chi connectivity index (χ4v) is 6.64. The van der Waals surface area contributed by atoms with Crippen LogP contribution in [0.4, 0.5) is 9.18 Å². The number of nitrogens with zero attached hydrogens (tertiary/aromatic N) is 2. The molecule has 0 spiro atoms. The largest absolute Gasteiger partial charge is 0.492 e. The minimum absolute atomic E-state index is 0.0365. The molecule has 0 saturated heterocycles. The summed E-state index contributed by atoms with van der Waals surface area (Å²) in [4.78, 5) is 12.2. The average molecular weight is 575 g/mol. The number of hydrogen-bond donors (Lipinski definition) is 2. The SMILES string of the molecule is CC(C)(C)OC(=O)NC1CCC(COc2cc(F)ccc2-c2nnc(-c3ccc4c(c3)CCNC4)c3ccsc23)C1. The molecule has 1 saturated carbocycles. The van der Waals surface area contributed by atoms with Crippen LogP contribution < -0.4 is 15.4 Å². The summed E-state index contributed by atoms with van der Waals surface area (Å²) in [7, 11) is 0. The van der Waals surface area contributed by atoms with Crippen molar-refractivity contribution in [1.82, 2.24) is 20.8 Å². The van der Waals surface area contributed by atoms with Crippen LogP contribution in [0.2, 0.25) is 0 Å². The zero-order chi connectivity index (χ0) is 28.6. The zero-order valence-corrected chi connectivity index (χ0v) is 24.4. The number of nitrogens with one attached hydrogen (secondary N) is 2. The van der Waals surface area contributed by atoms with Crippen molar-refractivity contribution in [1.29, 1.82) is 0 Å². The highest BCUT2D eigenvalue weighted by molar-refractivity contribution is 7.17. The Hall–Kier alpha value is -3.56. The first kappa shape index (κ1) is 27.6. The van der Waals surface area contributed by atoms with Gasteiger partial charge in [0.15, 0.2) is 0 Å². The Morgan fingerprint density at radius 2 is 1.95 bits per heavy atom. The van der Waals surface area contributed by atoms with Crippen molar-refractivity contribution >= 4 is 27.5 Å². The predicted molar refractivity (Wildman–Crippen MR) is 160 cm³/mol. The van der Waals surface area contributed by atoms with Gasteiger partial charge in [-0.1, -0.05) is 12.1 Å². The predicted octanol–water partition coefficient (Wildman–Crippen LogP) is 6.88. The van der Waals surface area contributed by atoms with Crippen LogP contribution in [-0.2, 0) is 17.7 Å². The van der Waals surface area contributed by atoms with E-state index >= 15 is 0 Å². The Balaban J connectivity index is 1.21. The molecule has 6 rings (SSSR count). The molecule has 2 aromatic heterocycles. The molecule has 1 aliphatic heterocycles. The van der Waals surface area contributed by atoms with E-state index < -0.39 is 11.7 Å². The van der Waals surface area contributed by atoms with Crippen LogP contribution in [0, 0.1) is 11.7 Å². The van der Waals surface area contributed by atoms with E-state index in [1.54, 1.807) is 17.4 Å². The Labute approximate surface area is 243 Å². The van der Waals surface area contributed by atoms with Gasteiger partial charge in [0, 0.05) is 35.2 Å². The zero-order valence-electron chi connectivity index (χ0n) is 23.6. The highest BCUT2D eigenvalue weighted by Gasteiger charge is 2.29. The lowest BCUT2D eigenvalue weighted by Crippen LogP contribution is -2.38. The molecule has 9 heteroatoms. The van der Waals surface area contributed by atoms with Crippen molar-refractivity contribution in [2.75, 3.05) is 13.2 Å². The topological polar surface area (TPSA) is 85.4 Å². The van der Waals surface area contributed by atoms with E-state index in [4.69, 9.17) is 9.47 Å². The number of benzene rings is 2. The molecular weight excluding hydrogens is 539 g/mol. The highest BCUT2D eigenvalue weighted by atomic mass is 32.1. The molecule has 7 nitrogen and oxygen atoms in total. The Morgan fingerprint density at radius 3 is 2.80 bits per heavy atom. The third-order valence-electron chi connectivity index (χ3n) is 7.69. The van der Waals surface area contributed by atoms with Crippen molar-refractivity contribution in [2.45, 2.75) is 64.6 Å². The minimum atomic E-state index is -0.535. The normalized spacial score (nSPS) is 18.7. The number of carbonyl (C=O) groups is 1. The maximum Gasteiger partial charge on any atom is 0.407 e. The number of carbonyl (C=O) groups excluding carboxylic acids is 1. The summed E-state index contributed by atoms with van der Waals surface area (Å²) >= 11 is 1.60. The Morgan fingerprint density at radius 1 is 1.10 bits per heavy atom. The van der Waals surface area contributed by atoms with Crippen LogP contribution >= 0.6 is 11.3 Å². The summed E-state index contributed by atoms with van der Waals surface area (Å²) < 4.78 is 27.0. The van der Waals surface area contributed by atoms with Gasteiger partial charge in [0.2, 0.25) is 0 Å². The lowest BCUT2D eigenvalue weighted by Gasteiger charge is -2.22. The molecule has 2 aromatic carbocycles. The van der Waals surface area contributed by atoms with Crippen molar-refractivity contribution in [3.05, 3.63) is 64.8 Å². The number of rotatable bonds is 6. The van der Waals surface area contributed by atoms with E-state index in [0.29, 0.717) is 18.1 Å². The van der Waals surface area contributed by atoms with E-state index in [2.05, 4.69) is 45.1 Å². The van der Waals surface area contributed by atoms with Gasteiger partial charge in [-0.3, -0.25) is 0 Å². The van der Waals surface area contributed by atoms with Gasteiger partial charge in [-0.15, -0.1) is 21.5 Å². The van der Waals surface area contributed by atoms with E-state index in [9.17, 15) is 9.18 Å². The van der Waals surface area contributed by atoms with Crippen molar-refractivity contribution < 1.29 is 18.7 Å². The quantitative estimate of drug-likeness (QED) is 0.261. The number of hydrogen-bond acceptors (Lipinski definition) is 7. The van der Waals surface area contributed by atoms with Crippen LogP contribution in [0.1, 0.15) is 51.2 Å². The molecule has 0 radical (unpaired) electrons. The van der Waals surface area contributed by atoms with Gasteiger partial charge in [0.05, 0.1) is 11.3 Å². The van der Waals surface area contributed by atoms with E-state index in [1.165, 1.54) is 23.3 Å². The van der Waals surface area contributed by atoms with Gasteiger partial charge >= 0.3 is 6.09 Å². The lowest BCUT2D eigenvalue weighted by atomic mass is 9.96. The molecular formula is C32H35FN4O3S. The molecule has 2 unspecified atom stereocenters. The number of fused-ring (bicyclic) bond motifs is 2. The number of aromatic nitrogens is 2. The lowest BCUT2D eigenvalue weighted by molar-refractivity contribution is 0.0504. The van der Waals surface area contributed by atoms with Crippen molar-refractivity contribution in [2.24, 2.45) is 5.92 Å². The van der Waals surface area contributed by atoms with Gasteiger partial charge in [-0.25, -0.2) is 9.18 Å². The molecule has 4 aromatic rings. The van der Waals surface area contributed by atoms with Crippen LogP contribution in [0.3, 0.4) is 0 Å². The first-order valence-corrected chi connectivity index (χ1v) is 15.1. The maximum atomic E-state index is 14.4. The third kappa shape index (κ3) is 6.21. The number of alkyl carbamates (subject to hydrolysis) is 1. The molecule has 0 bridgehead atoms. The van der Waals surface area contributed by atoms with Crippen molar-refractivity contribution in [3.8, 4) is 28.3 Å². The molecule has 2 atom stereocenters. The number of thiophene rings is 1. The summed E-state index contributed by atoms with van der Waals surface area (Å²) in [6, 6.07) is 13.2. The molecule has 214 valence electrons. The smallest absolute Gasteiger partial charge is 0.407 e. The van der Waals surface area contributed by atoms with Crippen molar-refractivity contribution in [3.63, 3.8) is 0 Å². The van der Waals surface area contributed by atoms with E-state index in [0.717, 1.165) is 65.7 Å². The van der Waals surface area contributed by atoms with Crippen LogP contribution in [0.15, 0.2) is 47.8 Å². The molecule has 2 aliphatic rings. The monoisotopic (exact) mass is 574 g/mol. The molecule has 1 aliphatic carbocycles. The number of amides is 1. The fraction of sp³-hybridized carbons (Fsp3) is 0.406. The molecule has 41 heavy (non-hydrogen) atoms. The number of ether oxygens (including phenoxy) is 2. The van der Waals surface area contributed by atoms with Gasteiger partial charge < -0.3 is 20.1 Å². The molecule has 1 amide bonds. The summed E-state index contributed by atoms with van der Waals surface area (Å²) in [5, 5.41) is 18.8. The van der Waals surface area contributed by atoms with Gasteiger partial charge in [0.25, 0.3) is 0 Å². The summed E-state index contributed by atoms with van der Waals surface area (Å²) in [6.45, 7) is 7.84. The van der Waals surface area contributed by atoms with Crippen LogP contribution in [0.5, 0.6) is 5.75 Å². The first-order chi connectivity index (χ1) is 19.7. The van der Waals surface area contributed by atoms with E-state index in [1.807, 2.05) is 26.2 Å². The third-order valence-corrected chi connectivity index (χ3v) is 8.61. The molecule has 2 N–H and O–H groups in total. The standard InChI is InChI=1S/C32H35FN4O3S/c1-32(2,3)40-31(38)35-24-8-4-19(14-24)18-39-27-16-23(33)7-9-25(27)29-30-26(11-13-41-30)28(36-37-29)21-5-6-22-17-34-12-10-20(22)15-21/h5-7,9,11,13,15-16,19,24,34H,4,8,10,12,14,17-18H2,1-3H3,(H,35,38). The molecule has 3 heterocycles. The second kappa shape index (κ2) is 11.4. The summed E-state index contributed by atoms with van der Waals surface area (Å²) in [5.74, 6) is 0.322. The Bertz CT molecular complexity index is 1580. The first-order valence-electron chi connectivity index (χ1n) is 14.2. The van der Waals surface area contributed by atoms with Crippen LogP contribution in [0.25, 0.3) is 32.6 Å². The summed E-state index contributed by atoms with van der Waals surface area (Å²) in [5.41, 5.74) is 5.45. The van der Waals surface area contributed by atoms with Gasteiger partial charge in [-0.2, -0.15) is 0 Å². The average Bonchev–Trinajstić information content (AvgIpc) is 3.60. The fourth-order valence-electron chi connectivity index (χ4n) is 5.74. The van der Waals surface area contributed by atoms with Crippen LogP contribution in [-0.4, -0.2) is 41.1 Å². The highest BCUT2D eigenvalue weighted by Crippen LogP contribution is 2.40.